The lowest BCUT2D eigenvalue weighted by molar-refractivity contribution is -0.137. The second kappa shape index (κ2) is 6.79. The van der Waals surface area contributed by atoms with Crippen molar-refractivity contribution >= 4 is 16.0 Å². The maximum atomic E-state index is 12.5. The Kier molecular flexibility index (Phi) is 4.68. The zero-order valence-electron chi connectivity index (χ0n) is 13.1. The van der Waals surface area contributed by atoms with Crippen molar-refractivity contribution < 1.29 is 26.1 Å². The third kappa shape index (κ3) is 4.20. The van der Waals surface area contributed by atoms with E-state index in [-0.39, 0.29) is 23.2 Å². The van der Waals surface area contributed by atoms with E-state index in [0.717, 1.165) is 12.1 Å². The summed E-state index contributed by atoms with van der Waals surface area (Å²) in [4.78, 5) is 3.93. The van der Waals surface area contributed by atoms with E-state index in [1.165, 1.54) is 24.3 Å². The molecule has 26 heavy (non-hydrogen) atoms. The summed E-state index contributed by atoms with van der Waals surface area (Å²) < 4.78 is 69.1. The van der Waals surface area contributed by atoms with Crippen LogP contribution in [0.3, 0.4) is 0 Å². The van der Waals surface area contributed by atoms with Crippen molar-refractivity contribution in [3.05, 3.63) is 71.6 Å². The van der Waals surface area contributed by atoms with Gasteiger partial charge in [-0.3, -0.25) is 0 Å². The monoisotopic (exact) mass is 383 g/mol. The number of nitrogens with zero attached hydrogens (tertiary/aromatic N) is 2. The summed E-state index contributed by atoms with van der Waals surface area (Å²) in [5, 5.41) is 3.52. The summed E-state index contributed by atoms with van der Waals surface area (Å²) in [5.41, 5.74) is -0.248. The Morgan fingerprint density at radius 3 is 2.27 bits per heavy atom. The van der Waals surface area contributed by atoms with Crippen LogP contribution in [0, 0.1) is 0 Å². The van der Waals surface area contributed by atoms with Crippen molar-refractivity contribution in [2.24, 2.45) is 0 Å². The first-order valence-electron chi connectivity index (χ1n) is 7.31. The molecule has 0 unspecified atom stereocenters. The highest BCUT2D eigenvalue weighted by molar-refractivity contribution is 7.92. The van der Waals surface area contributed by atoms with Gasteiger partial charge >= 0.3 is 6.18 Å². The number of halogens is 3. The Labute approximate surface area is 146 Å². The lowest BCUT2D eigenvalue weighted by atomic mass is 10.1. The number of anilines is 1. The predicted octanol–water partition coefficient (Wildman–Crippen LogP) is 3.48. The topological polar surface area (TPSA) is 85.1 Å². The fraction of sp³-hybridized carbons (Fsp3) is 0.125. The van der Waals surface area contributed by atoms with Gasteiger partial charge in [0.15, 0.2) is 0 Å². The summed E-state index contributed by atoms with van der Waals surface area (Å²) in [6, 6.07) is 12.1. The molecule has 0 saturated heterocycles. The third-order valence-electron chi connectivity index (χ3n) is 3.38. The van der Waals surface area contributed by atoms with Gasteiger partial charge in [0.25, 0.3) is 16.0 Å². The zero-order valence-corrected chi connectivity index (χ0v) is 13.9. The Balaban J connectivity index is 1.70. The number of alkyl halides is 3. The number of aromatic nitrogens is 2. The minimum atomic E-state index is -4.41. The van der Waals surface area contributed by atoms with Gasteiger partial charge in [0.05, 0.1) is 16.9 Å². The van der Waals surface area contributed by atoms with Crippen LogP contribution < -0.4 is 4.72 Å². The quantitative estimate of drug-likeness (QED) is 0.729. The molecule has 0 aliphatic heterocycles. The lowest BCUT2D eigenvalue weighted by Gasteiger charge is -2.06. The summed E-state index contributed by atoms with van der Waals surface area (Å²) in [6.07, 6.45) is -4.34. The van der Waals surface area contributed by atoms with Crippen LogP contribution in [0.5, 0.6) is 0 Å². The Morgan fingerprint density at radius 2 is 1.65 bits per heavy atom. The molecule has 0 amide bonds. The summed E-state index contributed by atoms with van der Waals surface area (Å²) in [6.45, 7) is 0. The Morgan fingerprint density at radius 1 is 1.00 bits per heavy atom. The van der Waals surface area contributed by atoms with E-state index in [4.69, 9.17) is 4.52 Å². The zero-order chi connectivity index (χ0) is 18.8. The van der Waals surface area contributed by atoms with Gasteiger partial charge in [-0.15, -0.1) is 0 Å². The maximum absolute atomic E-state index is 12.5. The van der Waals surface area contributed by atoms with Crippen LogP contribution >= 0.6 is 0 Å². The fourth-order valence-electron chi connectivity index (χ4n) is 2.13. The van der Waals surface area contributed by atoms with Crippen molar-refractivity contribution in [2.45, 2.75) is 17.5 Å². The Hall–Kier alpha value is -2.88. The molecule has 3 aromatic rings. The van der Waals surface area contributed by atoms with Crippen molar-refractivity contribution in [1.82, 2.24) is 10.1 Å². The SMILES string of the molecule is O=S(=O)(Nc1noc(Cc2ccc(C(F)(F)F)cc2)n1)c1ccccc1. The first-order valence-corrected chi connectivity index (χ1v) is 8.79. The van der Waals surface area contributed by atoms with Crippen molar-refractivity contribution in [3.63, 3.8) is 0 Å². The van der Waals surface area contributed by atoms with Gasteiger partial charge in [-0.25, -0.2) is 13.1 Å². The molecule has 136 valence electrons. The second-order valence-corrected chi connectivity index (χ2v) is 6.98. The van der Waals surface area contributed by atoms with Crippen LogP contribution in [-0.2, 0) is 22.6 Å². The summed E-state index contributed by atoms with van der Waals surface area (Å²) >= 11 is 0. The minimum Gasteiger partial charge on any atom is -0.337 e. The van der Waals surface area contributed by atoms with E-state index in [1.807, 2.05) is 0 Å². The molecule has 1 aromatic heterocycles. The number of hydrogen-bond donors (Lipinski definition) is 1. The smallest absolute Gasteiger partial charge is 0.337 e. The standard InChI is InChI=1S/C16H12F3N3O3S/c17-16(18,19)12-8-6-11(7-9-12)10-14-20-15(21-25-14)22-26(23,24)13-4-2-1-3-5-13/h1-9H,10H2,(H,21,22). The van der Waals surface area contributed by atoms with Crippen LogP contribution in [0.4, 0.5) is 19.1 Å². The first kappa shape index (κ1) is 17.9. The Bertz CT molecular complexity index is 985. The average molecular weight is 383 g/mol. The second-order valence-electron chi connectivity index (χ2n) is 5.30. The molecule has 0 radical (unpaired) electrons. The van der Waals surface area contributed by atoms with Gasteiger partial charge in [-0.1, -0.05) is 30.3 Å². The normalized spacial score (nSPS) is 12.1. The molecule has 10 heteroatoms. The molecule has 0 aliphatic carbocycles. The molecule has 0 saturated carbocycles. The number of sulfonamides is 1. The third-order valence-corrected chi connectivity index (χ3v) is 4.73. The molecule has 1 N–H and O–H groups in total. The van der Waals surface area contributed by atoms with Gasteiger partial charge in [0.2, 0.25) is 5.89 Å². The van der Waals surface area contributed by atoms with E-state index < -0.39 is 21.8 Å². The van der Waals surface area contributed by atoms with Gasteiger partial charge in [0, 0.05) is 0 Å². The van der Waals surface area contributed by atoms with Gasteiger partial charge in [-0.05, 0) is 35.0 Å². The van der Waals surface area contributed by atoms with E-state index >= 15 is 0 Å². The van der Waals surface area contributed by atoms with Gasteiger partial charge in [-0.2, -0.15) is 18.2 Å². The minimum absolute atomic E-state index is 0.0362. The van der Waals surface area contributed by atoms with Crippen LogP contribution in [0.2, 0.25) is 0 Å². The van der Waals surface area contributed by atoms with E-state index in [9.17, 15) is 21.6 Å². The van der Waals surface area contributed by atoms with Crippen molar-refractivity contribution in [3.8, 4) is 0 Å². The van der Waals surface area contributed by atoms with Gasteiger partial charge in [0.1, 0.15) is 0 Å². The van der Waals surface area contributed by atoms with Crippen LogP contribution in [-0.4, -0.2) is 18.6 Å². The largest absolute Gasteiger partial charge is 0.416 e. The van der Waals surface area contributed by atoms with E-state index in [1.54, 1.807) is 18.2 Å². The molecule has 0 spiro atoms. The number of nitrogens with one attached hydrogen (secondary N) is 1. The fourth-order valence-corrected chi connectivity index (χ4v) is 3.09. The molecule has 1 heterocycles. The highest BCUT2D eigenvalue weighted by Gasteiger charge is 2.30. The molecular weight excluding hydrogens is 371 g/mol. The molecular formula is C16H12F3N3O3S. The molecule has 3 rings (SSSR count). The maximum Gasteiger partial charge on any atom is 0.416 e. The number of hydrogen-bond acceptors (Lipinski definition) is 5. The number of benzene rings is 2. The molecule has 0 bridgehead atoms. The predicted molar refractivity (Wildman–Crippen MR) is 85.8 cm³/mol. The van der Waals surface area contributed by atoms with E-state index in [0.29, 0.717) is 5.56 Å². The lowest BCUT2D eigenvalue weighted by Crippen LogP contribution is -2.13. The number of rotatable bonds is 5. The molecule has 6 nitrogen and oxygen atoms in total. The highest BCUT2D eigenvalue weighted by Crippen LogP contribution is 2.29. The van der Waals surface area contributed by atoms with Crippen LogP contribution in [0.15, 0.2) is 64.0 Å². The highest BCUT2D eigenvalue weighted by atomic mass is 32.2. The van der Waals surface area contributed by atoms with E-state index in [2.05, 4.69) is 14.9 Å². The molecule has 0 aliphatic rings. The molecule has 2 aromatic carbocycles. The summed E-state index contributed by atoms with van der Waals surface area (Å²) in [7, 11) is -3.85. The summed E-state index contributed by atoms with van der Waals surface area (Å²) in [5.74, 6) is -0.189. The molecule has 0 fully saturated rings. The van der Waals surface area contributed by atoms with Crippen LogP contribution in [0.1, 0.15) is 17.0 Å². The molecule has 0 atom stereocenters. The van der Waals surface area contributed by atoms with Crippen molar-refractivity contribution in [2.75, 3.05) is 4.72 Å². The van der Waals surface area contributed by atoms with Crippen LogP contribution in [0.25, 0.3) is 0 Å². The van der Waals surface area contributed by atoms with Crippen molar-refractivity contribution in [1.29, 1.82) is 0 Å². The average Bonchev–Trinajstić information content (AvgIpc) is 3.01. The first-order chi connectivity index (χ1) is 12.2. The van der Waals surface area contributed by atoms with Gasteiger partial charge < -0.3 is 4.52 Å².